The van der Waals surface area contributed by atoms with Crippen LogP contribution in [0.1, 0.15) is 31.2 Å². The van der Waals surface area contributed by atoms with Gasteiger partial charge in [-0.3, -0.25) is 0 Å². The number of nitrogens with two attached hydrogens (primary N) is 1. The monoisotopic (exact) mass is 244 g/mol. The molecule has 3 rings (SSSR count). The van der Waals surface area contributed by atoms with Crippen LogP contribution >= 0.6 is 0 Å². The van der Waals surface area contributed by atoms with Crippen molar-refractivity contribution in [2.75, 3.05) is 25.4 Å². The smallest absolute Gasteiger partial charge is 0.0314 e. The summed E-state index contributed by atoms with van der Waals surface area (Å²) in [6, 6.07) is 8.34. The van der Waals surface area contributed by atoms with Crippen molar-refractivity contribution in [3.63, 3.8) is 0 Å². The summed E-state index contributed by atoms with van der Waals surface area (Å²) < 4.78 is 0. The molecule has 2 nitrogen and oxygen atoms in total. The number of rotatable bonds is 4. The molecule has 2 heteroatoms. The van der Waals surface area contributed by atoms with Gasteiger partial charge in [0.15, 0.2) is 0 Å². The molecule has 2 N–H and O–H groups in total. The lowest BCUT2D eigenvalue weighted by molar-refractivity contribution is 0.307. The second-order valence-corrected chi connectivity index (χ2v) is 6.06. The molecule has 0 spiro atoms. The van der Waals surface area contributed by atoms with Crippen molar-refractivity contribution in [2.45, 2.75) is 32.1 Å². The highest BCUT2D eigenvalue weighted by molar-refractivity contribution is 5.39. The number of nitrogens with zero attached hydrogens (tertiary/aromatic N) is 1. The summed E-state index contributed by atoms with van der Waals surface area (Å²) in [4.78, 5) is 2.69. The van der Waals surface area contributed by atoms with E-state index in [1.54, 1.807) is 0 Å². The summed E-state index contributed by atoms with van der Waals surface area (Å²) in [6.45, 7) is 4.01. The van der Waals surface area contributed by atoms with Crippen LogP contribution in [-0.4, -0.2) is 24.5 Å². The fourth-order valence-electron chi connectivity index (χ4n) is 3.71. The largest absolute Gasteiger partial charge is 0.399 e. The Morgan fingerprint density at radius 3 is 2.39 bits per heavy atom. The minimum Gasteiger partial charge on any atom is -0.399 e. The molecule has 1 saturated carbocycles. The van der Waals surface area contributed by atoms with Gasteiger partial charge in [-0.2, -0.15) is 0 Å². The molecule has 1 aliphatic carbocycles. The molecular weight excluding hydrogens is 220 g/mol. The van der Waals surface area contributed by atoms with Crippen molar-refractivity contribution in [1.82, 2.24) is 4.90 Å². The van der Waals surface area contributed by atoms with Crippen LogP contribution in [0.5, 0.6) is 0 Å². The van der Waals surface area contributed by atoms with Gasteiger partial charge < -0.3 is 10.6 Å². The van der Waals surface area contributed by atoms with Crippen LogP contribution < -0.4 is 5.73 Å². The maximum atomic E-state index is 5.70. The molecule has 0 amide bonds. The van der Waals surface area contributed by atoms with Gasteiger partial charge in [-0.05, 0) is 61.8 Å². The van der Waals surface area contributed by atoms with E-state index in [9.17, 15) is 0 Å². The van der Waals surface area contributed by atoms with Crippen molar-refractivity contribution in [3.05, 3.63) is 29.8 Å². The first-order valence-electron chi connectivity index (χ1n) is 7.38. The molecule has 1 aliphatic heterocycles. The molecule has 2 atom stereocenters. The zero-order chi connectivity index (χ0) is 12.4. The molecule has 0 aromatic heterocycles. The van der Waals surface area contributed by atoms with E-state index in [2.05, 4.69) is 17.0 Å². The zero-order valence-corrected chi connectivity index (χ0v) is 11.1. The Bertz CT molecular complexity index is 373. The van der Waals surface area contributed by atoms with Crippen LogP contribution in [0.4, 0.5) is 5.69 Å². The minimum absolute atomic E-state index is 0.867. The molecule has 2 aliphatic rings. The molecule has 98 valence electrons. The highest BCUT2D eigenvalue weighted by Gasteiger charge is 2.35. The van der Waals surface area contributed by atoms with Gasteiger partial charge in [0.1, 0.15) is 0 Å². The van der Waals surface area contributed by atoms with Crippen molar-refractivity contribution in [1.29, 1.82) is 0 Å². The third kappa shape index (κ3) is 2.69. The van der Waals surface area contributed by atoms with E-state index < -0.39 is 0 Å². The normalized spacial score (nSPS) is 27.6. The third-order valence-electron chi connectivity index (χ3n) is 4.72. The minimum atomic E-state index is 0.867. The first-order valence-corrected chi connectivity index (χ1v) is 7.38. The van der Waals surface area contributed by atoms with Crippen LogP contribution in [0.15, 0.2) is 24.3 Å². The number of hydrogen-bond acceptors (Lipinski definition) is 2. The van der Waals surface area contributed by atoms with Gasteiger partial charge >= 0.3 is 0 Å². The maximum absolute atomic E-state index is 5.70. The van der Waals surface area contributed by atoms with Crippen LogP contribution in [0.2, 0.25) is 0 Å². The Morgan fingerprint density at radius 2 is 1.72 bits per heavy atom. The van der Waals surface area contributed by atoms with E-state index in [-0.39, 0.29) is 0 Å². The fourth-order valence-corrected chi connectivity index (χ4v) is 3.71. The van der Waals surface area contributed by atoms with Gasteiger partial charge in [0, 0.05) is 18.8 Å². The molecule has 0 bridgehead atoms. The zero-order valence-electron chi connectivity index (χ0n) is 11.1. The Morgan fingerprint density at radius 1 is 1.06 bits per heavy atom. The van der Waals surface area contributed by atoms with Crippen LogP contribution in [0.3, 0.4) is 0 Å². The number of likely N-dealkylation sites (tertiary alicyclic amines) is 1. The average molecular weight is 244 g/mol. The van der Waals surface area contributed by atoms with E-state index in [0.717, 1.165) is 17.5 Å². The van der Waals surface area contributed by atoms with Crippen molar-refractivity contribution < 1.29 is 0 Å². The van der Waals surface area contributed by atoms with E-state index in [0.29, 0.717) is 0 Å². The number of fused-ring (bicyclic) bond motifs is 1. The summed E-state index contributed by atoms with van der Waals surface area (Å²) in [5.74, 6) is 2.06. The van der Waals surface area contributed by atoms with Gasteiger partial charge in [0.05, 0.1) is 0 Å². The molecule has 1 aromatic carbocycles. The number of nitrogen functional groups attached to an aromatic ring is 1. The lowest BCUT2D eigenvalue weighted by Crippen LogP contribution is -2.23. The molecule has 2 unspecified atom stereocenters. The van der Waals surface area contributed by atoms with E-state index in [1.165, 1.54) is 57.3 Å². The lowest BCUT2D eigenvalue weighted by Gasteiger charge is -2.16. The first-order chi connectivity index (χ1) is 8.81. The number of aryl methyl sites for hydroxylation is 1. The molecule has 18 heavy (non-hydrogen) atoms. The SMILES string of the molecule is Nc1ccc(CCCN2CC3CCCC3C2)cc1. The van der Waals surface area contributed by atoms with Crippen molar-refractivity contribution in [3.8, 4) is 0 Å². The summed E-state index contributed by atoms with van der Waals surface area (Å²) in [7, 11) is 0. The van der Waals surface area contributed by atoms with Crippen molar-refractivity contribution in [2.24, 2.45) is 11.8 Å². The van der Waals surface area contributed by atoms with Crippen LogP contribution in [0.25, 0.3) is 0 Å². The van der Waals surface area contributed by atoms with Gasteiger partial charge in [-0.25, -0.2) is 0 Å². The predicted octanol–water partition coefficient (Wildman–Crippen LogP) is 2.93. The lowest BCUT2D eigenvalue weighted by atomic mass is 10.0. The second-order valence-electron chi connectivity index (χ2n) is 6.06. The van der Waals surface area contributed by atoms with E-state index in [1.807, 2.05) is 12.1 Å². The van der Waals surface area contributed by atoms with Crippen molar-refractivity contribution >= 4 is 5.69 Å². The topological polar surface area (TPSA) is 29.3 Å². The number of hydrogen-bond donors (Lipinski definition) is 1. The summed E-state index contributed by atoms with van der Waals surface area (Å²) in [6.07, 6.45) is 6.92. The number of anilines is 1. The quantitative estimate of drug-likeness (QED) is 0.825. The molecule has 2 fully saturated rings. The Hall–Kier alpha value is -1.02. The van der Waals surface area contributed by atoms with Crippen LogP contribution in [-0.2, 0) is 6.42 Å². The Balaban J connectivity index is 1.41. The van der Waals surface area contributed by atoms with Gasteiger partial charge in [0.25, 0.3) is 0 Å². The standard InChI is InChI=1S/C16H24N2/c17-16-8-6-13(7-9-16)3-2-10-18-11-14-4-1-5-15(14)12-18/h6-9,14-15H,1-5,10-12,17H2. The first kappa shape index (κ1) is 12.0. The van der Waals surface area contributed by atoms with Gasteiger partial charge in [-0.1, -0.05) is 18.6 Å². The Kier molecular flexibility index (Phi) is 3.55. The van der Waals surface area contributed by atoms with E-state index >= 15 is 0 Å². The molecule has 1 saturated heterocycles. The van der Waals surface area contributed by atoms with E-state index in [4.69, 9.17) is 5.73 Å². The molecule has 1 aromatic rings. The summed E-state index contributed by atoms with van der Waals surface area (Å²) in [5.41, 5.74) is 7.99. The van der Waals surface area contributed by atoms with Gasteiger partial charge in [0.2, 0.25) is 0 Å². The fraction of sp³-hybridized carbons (Fsp3) is 0.625. The molecule has 1 heterocycles. The highest BCUT2D eigenvalue weighted by Crippen LogP contribution is 2.37. The average Bonchev–Trinajstić information content (AvgIpc) is 2.92. The maximum Gasteiger partial charge on any atom is 0.0314 e. The summed E-state index contributed by atoms with van der Waals surface area (Å²) >= 11 is 0. The second kappa shape index (κ2) is 5.31. The third-order valence-corrected chi connectivity index (χ3v) is 4.72. The highest BCUT2D eigenvalue weighted by atomic mass is 15.2. The van der Waals surface area contributed by atoms with Gasteiger partial charge in [-0.15, -0.1) is 0 Å². The Labute approximate surface area is 110 Å². The number of benzene rings is 1. The molecule has 0 radical (unpaired) electrons. The summed E-state index contributed by atoms with van der Waals surface area (Å²) in [5, 5.41) is 0. The van der Waals surface area contributed by atoms with Crippen LogP contribution in [0, 0.1) is 11.8 Å². The predicted molar refractivity (Wildman–Crippen MR) is 76.4 cm³/mol. The molecular formula is C16H24N2.